The maximum absolute atomic E-state index is 12.9. The number of hydrogen-bond acceptors (Lipinski definition) is 6. The molecule has 1 N–H and O–H groups in total. The number of rotatable bonds is 9. The lowest BCUT2D eigenvalue weighted by Crippen LogP contribution is -2.51. The molecule has 0 aromatic heterocycles. The number of para-hydroxylation sites is 1. The van der Waals surface area contributed by atoms with Gasteiger partial charge in [-0.2, -0.15) is 0 Å². The molecule has 0 saturated carbocycles. The molecule has 1 aliphatic rings. The Balaban J connectivity index is 1.37. The van der Waals surface area contributed by atoms with Crippen LogP contribution in [0.15, 0.2) is 72.8 Å². The smallest absolute Gasteiger partial charge is 0.339 e. The van der Waals surface area contributed by atoms with E-state index in [4.69, 9.17) is 14.2 Å². The van der Waals surface area contributed by atoms with E-state index in [0.29, 0.717) is 50.6 Å². The Morgan fingerprint density at radius 1 is 0.921 bits per heavy atom. The summed E-state index contributed by atoms with van der Waals surface area (Å²) in [5, 5.41) is 2.86. The first-order valence-electron chi connectivity index (χ1n) is 12.7. The van der Waals surface area contributed by atoms with Gasteiger partial charge in [0.2, 0.25) is 0 Å². The summed E-state index contributed by atoms with van der Waals surface area (Å²) in [7, 11) is 2.98. The van der Waals surface area contributed by atoms with Crippen LogP contribution in [0.25, 0.3) is 0 Å². The minimum Gasteiger partial charge on any atom is -0.497 e. The number of nitrogens with one attached hydrogen (secondary N) is 1. The van der Waals surface area contributed by atoms with Crippen LogP contribution in [0, 0.1) is 6.92 Å². The van der Waals surface area contributed by atoms with Gasteiger partial charge in [0.1, 0.15) is 5.75 Å². The summed E-state index contributed by atoms with van der Waals surface area (Å²) in [4.78, 5) is 29.1. The molecule has 0 bridgehead atoms. The van der Waals surface area contributed by atoms with Gasteiger partial charge < -0.3 is 24.4 Å². The quantitative estimate of drug-likeness (QED) is 0.407. The zero-order chi connectivity index (χ0) is 26.9. The van der Waals surface area contributed by atoms with Crippen molar-refractivity contribution in [3.8, 4) is 5.75 Å². The molecule has 1 atom stereocenters. The number of nitrogens with zero attached hydrogens (tertiary/aromatic N) is 2. The van der Waals surface area contributed by atoms with Crippen LogP contribution in [-0.2, 0) is 16.1 Å². The van der Waals surface area contributed by atoms with Crippen molar-refractivity contribution < 1.29 is 23.8 Å². The Labute approximate surface area is 224 Å². The topological polar surface area (TPSA) is 80.3 Å². The monoisotopic (exact) mass is 517 g/mol. The summed E-state index contributed by atoms with van der Waals surface area (Å²) in [5.74, 6) is 0.306. The number of hydrogen-bond donors (Lipinski definition) is 1. The number of aryl methyl sites for hydroxylation is 1. The number of methoxy groups -OCH3 is 2. The third-order valence-electron chi connectivity index (χ3n) is 6.69. The lowest BCUT2D eigenvalue weighted by atomic mass is 10.1. The van der Waals surface area contributed by atoms with Gasteiger partial charge in [-0.25, -0.2) is 9.59 Å². The van der Waals surface area contributed by atoms with Crippen molar-refractivity contribution in [2.45, 2.75) is 19.6 Å². The zero-order valence-corrected chi connectivity index (χ0v) is 22.2. The number of esters is 1. The van der Waals surface area contributed by atoms with E-state index in [9.17, 15) is 9.59 Å². The fraction of sp³-hybridized carbons (Fsp3) is 0.333. The fourth-order valence-electron chi connectivity index (χ4n) is 4.42. The highest BCUT2D eigenvalue weighted by molar-refractivity contribution is 6.00. The van der Waals surface area contributed by atoms with Gasteiger partial charge in [0.05, 0.1) is 38.2 Å². The van der Waals surface area contributed by atoms with E-state index in [1.807, 2.05) is 18.2 Å². The first-order valence-corrected chi connectivity index (χ1v) is 12.7. The van der Waals surface area contributed by atoms with Gasteiger partial charge in [0, 0.05) is 32.7 Å². The van der Waals surface area contributed by atoms with Crippen molar-refractivity contribution in [3.05, 3.63) is 95.1 Å². The third kappa shape index (κ3) is 7.12. The molecular weight excluding hydrogens is 482 g/mol. The highest BCUT2D eigenvalue weighted by Gasteiger charge is 2.25. The summed E-state index contributed by atoms with van der Waals surface area (Å²) < 4.78 is 16.7. The van der Waals surface area contributed by atoms with Crippen LogP contribution in [-0.4, -0.2) is 68.7 Å². The van der Waals surface area contributed by atoms with Crippen molar-refractivity contribution in [2.75, 3.05) is 52.3 Å². The van der Waals surface area contributed by atoms with Crippen LogP contribution in [0.1, 0.15) is 33.2 Å². The molecule has 8 nitrogen and oxygen atoms in total. The molecule has 3 aromatic carbocycles. The van der Waals surface area contributed by atoms with Crippen LogP contribution in [0.2, 0.25) is 0 Å². The molecule has 4 rings (SSSR count). The number of amides is 2. The Bertz CT molecular complexity index is 1220. The van der Waals surface area contributed by atoms with Crippen LogP contribution < -0.4 is 10.1 Å². The number of anilines is 1. The van der Waals surface area contributed by atoms with Gasteiger partial charge in [-0.3, -0.25) is 4.90 Å². The molecule has 0 radical (unpaired) electrons. The van der Waals surface area contributed by atoms with E-state index in [1.165, 1.54) is 12.7 Å². The number of benzene rings is 3. The molecule has 0 aliphatic carbocycles. The van der Waals surface area contributed by atoms with Gasteiger partial charge >= 0.3 is 12.0 Å². The molecule has 1 unspecified atom stereocenters. The lowest BCUT2D eigenvalue weighted by Gasteiger charge is -2.36. The van der Waals surface area contributed by atoms with E-state index < -0.39 is 5.97 Å². The van der Waals surface area contributed by atoms with Crippen molar-refractivity contribution in [1.29, 1.82) is 0 Å². The molecule has 1 saturated heterocycles. The largest absolute Gasteiger partial charge is 0.497 e. The number of piperazine rings is 1. The number of carbonyl (C=O) groups is 2. The van der Waals surface area contributed by atoms with Crippen LogP contribution in [0.3, 0.4) is 0 Å². The summed E-state index contributed by atoms with van der Waals surface area (Å²) in [6.45, 7) is 5.82. The second kappa shape index (κ2) is 13.1. The van der Waals surface area contributed by atoms with Gasteiger partial charge in [-0.05, 0) is 42.3 Å². The Morgan fingerprint density at radius 3 is 2.37 bits per heavy atom. The van der Waals surface area contributed by atoms with Gasteiger partial charge in [0.25, 0.3) is 0 Å². The van der Waals surface area contributed by atoms with Gasteiger partial charge in [-0.1, -0.05) is 54.1 Å². The second-order valence-corrected chi connectivity index (χ2v) is 9.32. The number of ether oxygens (including phenoxy) is 3. The Kier molecular flexibility index (Phi) is 9.35. The van der Waals surface area contributed by atoms with Crippen LogP contribution in [0.4, 0.5) is 10.5 Å². The van der Waals surface area contributed by atoms with Gasteiger partial charge in [0.15, 0.2) is 0 Å². The predicted molar refractivity (Wildman–Crippen MR) is 147 cm³/mol. The molecule has 200 valence electrons. The Morgan fingerprint density at radius 2 is 1.66 bits per heavy atom. The molecule has 1 heterocycles. The van der Waals surface area contributed by atoms with Crippen LogP contribution >= 0.6 is 0 Å². The van der Waals surface area contributed by atoms with Crippen molar-refractivity contribution in [2.24, 2.45) is 0 Å². The SMILES string of the molecule is COC(=O)c1ccccc1NC(=O)N1CCN(CC(OCc2ccc(C)cc2)c2cccc(OC)c2)CC1. The average molecular weight is 518 g/mol. The minimum absolute atomic E-state index is 0.154. The summed E-state index contributed by atoms with van der Waals surface area (Å²) in [6, 6.07) is 22.9. The maximum atomic E-state index is 12.9. The van der Waals surface area contributed by atoms with Crippen LogP contribution in [0.5, 0.6) is 5.75 Å². The molecule has 8 heteroatoms. The summed E-state index contributed by atoms with van der Waals surface area (Å²) in [5.41, 5.74) is 4.16. The van der Waals surface area contributed by atoms with Gasteiger partial charge in [-0.15, -0.1) is 0 Å². The van der Waals surface area contributed by atoms with Crippen molar-refractivity contribution >= 4 is 17.7 Å². The van der Waals surface area contributed by atoms with E-state index >= 15 is 0 Å². The van der Waals surface area contributed by atoms with Crippen molar-refractivity contribution in [3.63, 3.8) is 0 Å². The van der Waals surface area contributed by atoms with E-state index in [-0.39, 0.29) is 12.1 Å². The van der Waals surface area contributed by atoms with Crippen molar-refractivity contribution in [1.82, 2.24) is 9.80 Å². The molecular formula is C30H35N3O5. The maximum Gasteiger partial charge on any atom is 0.339 e. The number of urea groups is 1. The molecule has 38 heavy (non-hydrogen) atoms. The molecule has 1 aliphatic heterocycles. The summed E-state index contributed by atoms with van der Waals surface area (Å²) >= 11 is 0. The first-order chi connectivity index (χ1) is 18.5. The number of carbonyl (C=O) groups excluding carboxylic acids is 2. The molecule has 0 spiro atoms. The molecule has 1 fully saturated rings. The molecule has 3 aromatic rings. The summed E-state index contributed by atoms with van der Waals surface area (Å²) in [6.07, 6.45) is -0.154. The van der Waals surface area contributed by atoms with E-state index in [1.54, 1.807) is 36.3 Å². The normalized spacial score (nSPS) is 14.6. The molecule has 2 amide bonds. The highest BCUT2D eigenvalue weighted by Crippen LogP contribution is 2.25. The fourth-order valence-corrected chi connectivity index (χ4v) is 4.42. The Hall–Kier alpha value is -3.88. The minimum atomic E-state index is -0.486. The average Bonchev–Trinajstić information content (AvgIpc) is 2.96. The van der Waals surface area contributed by atoms with E-state index in [0.717, 1.165) is 16.9 Å². The van der Waals surface area contributed by atoms with E-state index in [2.05, 4.69) is 47.5 Å². The standard InChI is InChI=1S/C30H35N3O5/c1-22-11-13-23(14-12-22)21-38-28(24-7-6-8-25(19-24)36-2)20-32-15-17-33(18-16-32)30(35)31-27-10-5-4-9-26(27)29(34)37-3/h4-14,19,28H,15-18,20-21H2,1-3H3,(H,31,35). The zero-order valence-electron chi connectivity index (χ0n) is 22.2. The highest BCUT2D eigenvalue weighted by atomic mass is 16.5. The lowest BCUT2D eigenvalue weighted by molar-refractivity contribution is 0.00584. The third-order valence-corrected chi connectivity index (χ3v) is 6.69. The predicted octanol–water partition coefficient (Wildman–Crippen LogP) is 4.90. The first kappa shape index (κ1) is 27.2. The second-order valence-electron chi connectivity index (χ2n) is 9.32.